The summed E-state index contributed by atoms with van der Waals surface area (Å²) >= 11 is 5.89. The van der Waals surface area contributed by atoms with Crippen LogP contribution < -0.4 is 4.74 Å². The molecule has 0 heterocycles. The summed E-state index contributed by atoms with van der Waals surface area (Å²) in [6.45, 7) is 3.34. The van der Waals surface area contributed by atoms with E-state index >= 15 is 0 Å². The van der Waals surface area contributed by atoms with Gasteiger partial charge in [-0.25, -0.2) is 4.79 Å². The van der Waals surface area contributed by atoms with Gasteiger partial charge in [0.2, 0.25) is 0 Å². The van der Waals surface area contributed by atoms with E-state index in [1.165, 1.54) is 11.9 Å². The Morgan fingerprint density at radius 2 is 2.10 bits per heavy atom. The van der Waals surface area contributed by atoms with Gasteiger partial charge in [-0.2, -0.15) is 0 Å². The molecule has 1 N–H and O–H groups in total. The van der Waals surface area contributed by atoms with E-state index in [0.717, 1.165) is 5.56 Å². The number of hydrogen-bond donors (Lipinski definition) is 1. The third-order valence-electron chi connectivity index (χ3n) is 3.02. The Kier molecular flexibility index (Phi) is 5.82. The summed E-state index contributed by atoms with van der Waals surface area (Å²) in [6, 6.07) is 4.24. The van der Waals surface area contributed by atoms with Crippen LogP contribution in [-0.4, -0.2) is 41.6 Å². The van der Waals surface area contributed by atoms with Crippen LogP contribution in [-0.2, 0) is 9.59 Å². The highest BCUT2D eigenvalue weighted by molar-refractivity contribution is 6.31. The predicted molar refractivity (Wildman–Crippen MR) is 76.2 cm³/mol. The molecule has 1 amide bonds. The highest BCUT2D eigenvalue weighted by atomic mass is 35.5. The highest BCUT2D eigenvalue weighted by Gasteiger charge is 2.24. The standard InChI is InChI=1S/C14H18ClNO4/c1-4-12(14(18)19)16(3)13(17)8-20-10-5-6-11(15)9(2)7-10/h5-7,12H,4,8H2,1-3H3,(H,18,19). The van der Waals surface area contributed by atoms with Gasteiger partial charge < -0.3 is 14.7 Å². The molecule has 1 atom stereocenters. The van der Waals surface area contributed by atoms with Gasteiger partial charge in [0.1, 0.15) is 11.8 Å². The second-order valence-corrected chi connectivity index (χ2v) is 4.87. The minimum atomic E-state index is -1.02. The van der Waals surface area contributed by atoms with Gasteiger partial charge in [0, 0.05) is 12.1 Å². The number of carbonyl (C=O) groups excluding carboxylic acids is 1. The van der Waals surface area contributed by atoms with Gasteiger partial charge in [0.15, 0.2) is 6.61 Å². The minimum absolute atomic E-state index is 0.207. The Labute approximate surface area is 123 Å². The molecule has 0 saturated heterocycles. The maximum Gasteiger partial charge on any atom is 0.326 e. The number of ether oxygens (including phenoxy) is 1. The predicted octanol–water partition coefficient (Wildman–Crippen LogP) is 2.35. The molecule has 6 heteroatoms. The number of amides is 1. The van der Waals surface area contributed by atoms with Crippen LogP contribution in [0.4, 0.5) is 0 Å². The van der Waals surface area contributed by atoms with Crippen molar-refractivity contribution in [2.24, 2.45) is 0 Å². The van der Waals surface area contributed by atoms with Gasteiger partial charge in [-0.3, -0.25) is 4.79 Å². The summed E-state index contributed by atoms with van der Waals surface area (Å²) in [4.78, 5) is 24.1. The summed E-state index contributed by atoms with van der Waals surface area (Å²) in [5.41, 5.74) is 0.849. The number of nitrogens with zero attached hydrogens (tertiary/aromatic N) is 1. The molecule has 0 fully saturated rings. The molecule has 1 rings (SSSR count). The molecule has 0 aliphatic carbocycles. The zero-order valence-electron chi connectivity index (χ0n) is 11.7. The molecule has 0 aliphatic rings. The van der Waals surface area contributed by atoms with Crippen molar-refractivity contribution in [3.63, 3.8) is 0 Å². The number of halogens is 1. The zero-order chi connectivity index (χ0) is 15.3. The molecule has 0 aliphatic heterocycles. The van der Waals surface area contributed by atoms with E-state index in [0.29, 0.717) is 17.2 Å². The monoisotopic (exact) mass is 299 g/mol. The van der Waals surface area contributed by atoms with E-state index in [1.54, 1.807) is 25.1 Å². The van der Waals surface area contributed by atoms with E-state index in [2.05, 4.69) is 0 Å². The normalized spacial score (nSPS) is 11.8. The summed E-state index contributed by atoms with van der Waals surface area (Å²) in [7, 11) is 1.46. The molecule has 1 aromatic rings. The molecule has 0 saturated carbocycles. The van der Waals surface area contributed by atoms with Crippen LogP contribution in [0, 0.1) is 6.92 Å². The molecular formula is C14H18ClNO4. The van der Waals surface area contributed by atoms with Crippen molar-refractivity contribution in [3.05, 3.63) is 28.8 Å². The average molecular weight is 300 g/mol. The van der Waals surface area contributed by atoms with Gasteiger partial charge in [-0.05, 0) is 37.1 Å². The topological polar surface area (TPSA) is 66.8 Å². The molecule has 0 spiro atoms. The van der Waals surface area contributed by atoms with Crippen molar-refractivity contribution >= 4 is 23.5 Å². The first-order valence-electron chi connectivity index (χ1n) is 6.24. The minimum Gasteiger partial charge on any atom is -0.484 e. The lowest BCUT2D eigenvalue weighted by Gasteiger charge is -2.23. The number of rotatable bonds is 6. The van der Waals surface area contributed by atoms with Crippen LogP contribution in [0.3, 0.4) is 0 Å². The fraction of sp³-hybridized carbons (Fsp3) is 0.429. The number of carboxylic acid groups (broad SMARTS) is 1. The first-order valence-corrected chi connectivity index (χ1v) is 6.62. The van der Waals surface area contributed by atoms with Crippen molar-refractivity contribution in [3.8, 4) is 5.75 Å². The van der Waals surface area contributed by atoms with E-state index in [-0.39, 0.29) is 12.5 Å². The number of benzene rings is 1. The van der Waals surface area contributed by atoms with Crippen LogP contribution in [0.1, 0.15) is 18.9 Å². The number of aliphatic carboxylic acids is 1. The average Bonchev–Trinajstić information content (AvgIpc) is 2.40. The van der Waals surface area contributed by atoms with Gasteiger partial charge in [0.05, 0.1) is 0 Å². The second kappa shape index (κ2) is 7.14. The van der Waals surface area contributed by atoms with Crippen LogP contribution in [0.2, 0.25) is 5.02 Å². The van der Waals surface area contributed by atoms with Crippen molar-refractivity contribution < 1.29 is 19.4 Å². The van der Waals surface area contributed by atoms with Gasteiger partial charge >= 0.3 is 5.97 Å². The SMILES string of the molecule is CCC(C(=O)O)N(C)C(=O)COc1ccc(Cl)c(C)c1. The number of carbonyl (C=O) groups is 2. The molecule has 1 unspecified atom stereocenters. The first kappa shape index (κ1) is 16.3. The fourth-order valence-electron chi connectivity index (χ4n) is 1.74. The lowest BCUT2D eigenvalue weighted by atomic mass is 10.2. The molecule has 110 valence electrons. The molecule has 1 aromatic carbocycles. The smallest absolute Gasteiger partial charge is 0.326 e. The van der Waals surface area contributed by atoms with E-state index in [4.69, 9.17) is 21.4 Å². The first-order chi connectivity index (χ1) is 9.36. The Morgan fingerprint density at radius 1 is 1.45 bits per heavy atom. The third-order valence-corrected chi connectivity index (χ3v) is 3.45. The molecule has 0 aromatic heterocycles. The molecular weight excluding hydrogens is 282 g/mol. The molecule has 5 nitrogen and oxygen atoms in total. The summed E-state index contributed by atoms with van der Waals surface area (Å²) in [5.74, 6) is -0.880. The van der Waals surface area contributed by atoms with Crippen molar-refractivity contribution in [2.45, 2.75) is 26.3 Å². The molecule has 20 heavy (non-hydrogen) atoms. The maximum absolute atomic E-state index is 11.9. The number of likely N-dealkylation sites (N-methyl/N-ethyl adjacent to an activating group) is 1. The van der Waals surface area contributed by atoms with Crippen molar-refractivity contribution in [2.75, 3.05) is 13.7 Å². The third kappa shape index (κ3) is 4.13. The van der Waals surface area contributed by atoms with E-state index in [1.807, 2.05) is 6.92 Å². The van der Waals surface area contributed by atoms with Crippen LogP contribution in [0.25, 0.3) is 0 Å². The van der Waals surface area contributed by atoms with E-state index in [9.17, 15) is 9.59 Å². The lowest BCUT2D eigenvalue weighted by molar-refractivity contribution is -0.149. The number of carboxylic acids is 1. The van der Waals surface area contributed by atoms with Gasteiger partial charge in [-0.1, -0.05) is 18.5 Å². The highest BCUT2D eigenvalue weighted by Crippen LogP contribution is 2.21. The van der Waals surface area contributed by atoms with Crippen molar-refractivity contribution in [1.82, 2.24) is 4.90 Å². The Morgan fingerprint density at radius 3 is 2.60 bits per heavy atom. The van der Waals surface area contributed by atoms with Crippen LogP contribution >= 0.6 is 11.6 Å². The molecule has 0 radical (unpaired) electrons. The lowest BCUT2D eigenvalue weighted by Crippen LogP contribution is -2.44. The van der Waals surface area contributed by atoms with Crippen LogP contribution in [0.15, 0.2) is 18.2 Å². The molecule has 0 bridgehead atoms. The Bertz CT molecular complexity index is 504. The summed E-state index contributed by atoms with van der Waals surface area (Å²) in [5, 5.41) is 9.62. The van der Waals surface area contributed by atoms with Gasteiger partial charge in [-0.15, -0.1) is 0 Å². The zero-order valence-corrected chi connectivity index (χ0v) is 12.5. The van der Waals surface area contributed by atoms with Gasteiger partial charge in [0.25, 0.3) is 5.91 Å². The maximum atomic E-state index is 11.9. The largest absolute Gasteiger partial charge is 0.484 e. The Hall–Kier alpha value is -1.75. The number of aryl methyl sites for hydroxylation is 1. The van der Waals surface area contributed by atoms with Crippen molar-refractivity contribution in [1.29, 1.82) is 0 Å². The van der Waals surface area contributed by atoms with E-state index < -0.39 is 12.0 Å². The number of hydrogen-bond acceptors (Lipinski definition) is 3. The van der Waals surface area contributed by atoms with Crippen LogP contribution in [0.5, 0.6) is 5.75 Å². The quantitative estimate of drug-likeness (QED) is 0.875. The fourth-order valence-corrected chi connectivity index (χ4v) is 1.86. The Balaban J connectivity index is 2.62. The second-order valence-electron chi connectivity index (χ2n) is 4.47. The summed E-state index contributed by atoms with van der Waals surface area (Å²) in [6.07, 6.45) is 0.345. The summed E-state index contributed by atoms with van der Waals surface area (Å²) < 4.78 is 5.36.